The van der Waals surface area contributed by atoms with Gasteiger partial charge in [-0.1, -0.05) is 48.5 Å². The zero-order valence-electron chi connectivity index (χ0n) is 19.7. The molecule has 4 atom stereocenters. The second-order valence-electron chi connectivity index (χ2n) is 9.07. The van der Waals surface area contributed by atoms with Gasteiger partial charge in [0, 0.05) is 29.4 Å². The van der Waals surface area contributed by atoms with Crippen LogP contribution in [0.15, 0.2) is 78.9 Å². The van der Waals surface area contributed by atoms with E-state index in [0.29, 0.717) is 30.1 Å². The van der Waals surface area contributed by atoms with Crippen molar-refractivity contribution in [2.24, 2.45) is 0 Å². The van der Waals surface area contributed by atoms with Gasteiger partial charge >= 0.3 is 6.03 Å². The number of amides is 3. The van der Waals surface area contributed by atoms with Gasteiger partial charge in [-0.3, -0.25) is 4.79 Å². The van der Waals surface area contributed by atoms with Crippen LogP contribution < -0.4 is 20.7 Å². The molecule has 0 radical (unpaired) electrons. The van der Waals surface area contributed by atoms with E-state index < -0.39 is 6.10 Å². The van der Waals surface area contributed by atoms with Gasteiger partial charge in [0.05, 0.1) is 19.1 Å². The van der Waals surface area contributed by atoms with Crippen LogP contribution in [-0.2, 0) is 16.1 Å². The van der Waals surface area contributed by atoms with Crippen LogP contribution in [0.4, 0.5) is 16.2 Å². The van der Waals surface area contributed by atoms with E-state index in [2.05, 4.69) is 16.0 Å². The van der Waals surface area contributed by atoms with Crippen molar-refractivity contribution in [3.63, 3.8) is 0 Å². The summed E-state index contributed by atoms with van der Waals surface area (Å²) in [5.41, 5.74) is 3.30. The lowest BCUT2D eigenvalue weighted by Crippen LogP contribution is -2.47. The Morgan fingerprint density at radius 2 is 1.64 bits per heavy atom. The summed E-state index contributed by atoms with van der Waals surface area (Å²) in [6.45, 7) is 0.246. The molecular formula is C28H29N3O5. The number of carbonyl (C=O) groups excluding carboxylic acids is 2. The molecule has 1 fully saturated rings. The van der Waals surface area contributed by atoms with E-state index in [1.54, 1.807) is 6.07 Å². The van der Waals surface area contributed by atoms with Gasteiger partial charge in [-0.25, -0.2) is 4.79 Å². The smallest absolute Gasteiger partial charge is 0.323 e. The van der Waals surface area contributed by atoms with Gasteiger partial charge in [0.15, 0.2) is 0 Å². The van der Waals surface area contributed by atoms with Gasteiger partial charge in [-0.15, -0.1) is 0 Å². The highest BCUT2D eigenvalue weighted by Crippen LogP contribution is 2.47. The van der Waals surface area contributed by atoms with E-state index in [0.717, 1.165) is 11.1 Å². The topological polar surface area (TPSA) is 109 Å². The quantitative estimate of drug-likeness (QED) is 0.402. The van der Waals surface area contributed by atoms with Crippen LogP contribution in [0.3, 0.4) is 0 Å². The molecule has 2 heterocycles. The third-order valence-corrected chi connectivity index (χ3v) is 6.53. The molecule has 2 aliphatic rings. The number of hydrogen-bond donors (Lipinski definition) is 4. The number of nitrogens with one attached hydrogen (secondary N) is 3. The average molecular weight is 488 g/mol. The molecule has 0 unspecified atom stereocenters. The SMILES string of the molecule is O=C(C[C@H]1C[C@@H]2c3cc(NC(=O)Nc4ccccc4)ccc3O[C@@H]2[C@@H](CO)O1)NCc1ccccc1. The maximum absolute atomic E-state index is 12.6. The van der Waals surface area contributed by atoms with E-state index >= 15 is 0 Å². The zero-order valence-corrected chi connectivity index (χ0v) is 19.7. The number of para-hydroxylation sites is 1. The summed E-state index contributed by atoms with van der Waals surface area (Å²) >= 11 is 0. The van der Waals surface area contributed by atoms with Crippen molar-refractivity contribution in [2.45, 2.75) is 43.6 Å². The monoisotopic (exact) mass is 487 g/mol. The standard InChI is InChI=1S/C28H29N3O5/c32-17-25-27-23(14-21(35-25)15-26(33)29-16-18-7-3-1-4-8-18)22-13-20(11-12-24(22)36-27)31-28(34)30-19-9-5-2-6-10-19/h1-13,21,23,25,27,32H,14-17H2,(H,29,33)(H2,30,31,34)/t21-,23-,25-,27+/m1/s1. The number of anilines is 2. The van der Waals surface area contributed by atoms with Gasteiger partial charge < -0.3 is 30.5 Å². The highest BCUT2D eigenvalue weighted by atomic mass is 16.6. The number of carbonyl (C=O) groups is 2. The van der Waals surface area contributed by atoms with Crippen LogP contribution in [0, 0.1) is 0 Å². The average Bonchev–Trinajstić information content (AvgIpc) is 3.26. The molecule has 8 nitrogen and oxygen atoms in total. The number of hydrogen-bond acceptors (Lipinski definition) is 5. The van der Waals surface area contributed by atoms with Gasteiger partial charge in [0.25, 0.3) is 0 Å². The first-order valence-electron chi connectivity index (χ1n) is 12.1. The molecular weight excluding hydrogens is 458 g/mol. The second kappa shape index (κ2) is 10.8. The van der Waals surface area contributed by atoms with Crippen molar-refractivity contribution >= 4 is 23.3 Å². The van der Waals surface area contributed by atoms with Crippen LogP contribution in [0.5, 0.6) is 5.75 Å². The van der Waals surface area contributed by atoms with Gasteiger partial charge in [-0.2, -0.15) is 0 Å². The molecule has 3 aromatic carbocycles. The predicted molar refractivity (Wildman–Crippen MR) is 136 cm³/mol. The third-order valence-electron chi connectivity index (χ3n) is 6.53. The molecule has 3 aromatic rings. The van der Waals surface area contributed by atoms with Crippen LogP contribution in [0.1, 0.15) is 29.9 Å². The molecule has 0 bridgehead atoms. The molecule has 0 saturated carbocycles. The molecule has 0 spiro atoms. The number of aliphatic hydroxyl groups excluding tert-OH is 1. The van der Waals surface area contributed by atoms with Gasteiger partial charge in [0.2, 0.25) is 5.91 Å². The van der Waals surface area contributed by atoms with E-state index in [4.69, 9.17) is 9.47 Å². The van der Waals surface area contributed by atoms with Crippen molar-refractivity contribution in [3.05, 3.63) is 90.0 Å². The highest BCUT2D eigenvalue weighted by molar-refractivity contribution is 5.99. The number of ether oxygens (including phenoxy) is 2. The Labute approximate surface area is 209 Å². The summed E-state index contributed by atoms with van der Waals surface area (Å²) < 4.78 is 12.2. The highest BCUT2D eigenvalue weighted by Gasteiger charge is 2.46. The number of fused-ring (bicyclic) bond motifs is 3. The van der Waals surface area contributed by atoms with Crippen molar-refractivity contribution in [3.8, 4) is 5.75 Å². The van der Waals surface area contributed by atoms with Gasteiger partial charge in [-0.05, 0) is 42.3 Å². The largest absolute Gasteiger partial charge is 0.487 e. The van der Waals surface area contributed by atoms with Gasteiger partial charge in [0.1, 0.15) is 18.0 Å². The van der Waals surface area contributed by atoms with E-state index in [1.165, 1.54) is 0 Å². The van der Waals surface area contributed by atoms with Crippen LogP contribution in [0.25, 0.3) is 0 Å². The molecule has 3 amide bonds. The zero-order chi connectivity index (χ0) is 24.9. The van der Waals surface area contributed by atoms with E-state index in [-0.39, 0.29) is 43.1 Å². The number of aliphatic hydroxyl groups is 1. The predicted octanol–water partition coefficient (Wildman–Crippen LogP) is 4.03. The molecule has 0 aliphatic carbocycles. The maximum Gasteiger partial charge on any atom is 0.323 e. The maximum atomic E-state index is 12.6. The normalized spacial score (nSPS) is 22.0. The Balaban J connectivity index is 1.24. The first-order valence-corrected chi connectivity index (χ1v) is 12.1. The first kappa shape index (κ1) is 23.8. The second-order valence-corrected chi connectivity index (χ2v) is 9.07. The summed E-state index contributed by atoms with van der Waals surface area (Å²) in [4.78, 5) is 25.1. The molecule has 186 valence electrons. The summed E-state index contributed by atoms with van der Waals surface area (Å²) in [5.74, 6) is 0.540. The number of benzene rings is 3. The Morgan fingerprint density at radius 3 is 2.39 bits per heavy atom. The lowest BCUT2D eigenvalue weighted by Gasteiger charge is -2.37. The molecule has 5 rings (SSSR count). The fraction of sp³-hybridized carbons (Fsp3) is 0.286. The van der Waals surface area contributed by atoms with E-state index in [9.17, 15) is 14.7 Å². The Hall–Kier alpha value is -3.88. The molecule has 2 aliphatic heterocycles. The summed E-state index contributed by atoms with van der Waals surface area (Å²) in [6.07, 6.45) is -0.471. The van der Waals surface area contributed by atoms with Crippen molar-refractivity contribution in [2.75, 3.05) is 17.2 Å². The minimum absolute atomic E-state index is 0.0586. The lowest BCUT2D eigenvalue weighted by molar-refractivity contribution is -0.142. The Morgan fingerprint density at radius 1 is 0.917 bits per heavy atom. The Bertz CT molecular complexity index is 1200. The molecule has 8 heteroatoms. The Kier molecular flexibility index (Phi) is 7.16. The minimum atomic E-state index is -0.541. The molecule has 4 N–H and O–H groups in total. The van der Waals surface area contributed by atoms with Crippen LogP contribution in [-0.4, -0.2) is 42.0 Å². The number of rotatable bonds is 7. The third kappa shape index (κ3) is 5.50. The first-order chi connectivity index (χ1) is 17.6. The fourth-order valence-corrected chi connectivity index (χ4v) is 4.86. The van der Waals surface area contributed by atoms with Crippen molar-refractivity contribution in [1.29, 1.82) is 0 Å². The fourth-order valence-electron chi connectivity index (χ4n) is 4.86. The summed E-state index contributed by atoms with van der Waals surface area (Å²) in [7, 11) is 0. The van der Waals surface area contributed by atoms with Crippen LogP contribution in [0.2, 0.25) is 0 Å². The minimum Gasteiger partial charge on any atom is -0.487 e. The summed E-state index contributed by atoms with van der Waals surface area (Å²) in [5, 5.41) is 18.6. The van der Waals surface area contributed by atoms with Crippen molar-refractivity contribution < 1.29 is 24.2 Å². The summed E-state index contributed by atoms with van der Waals surface area (Å²) in [6, 6.07) is 24.1. The van der Waals surface area contributed by atoms with E-state index in [1.807, 2.05) is 72.8 Å². The molecule has 1 saturated heterocycles. The van der Waals surface area contributed by atoms with Crippen LogP contribution >= 0.6 is 0 Å². The molecule has 0 aromatic heterocycles. The lowest BCUT2D eigenvalue weighted by atomic mass is 9.84. The van der Waals surface area contributed by atoms with Crippen molar-refractivity contribution in [1.82, 2.24) is 5.32 Å². The molecule has 36 heavy (non-hydrogen) atoms. The number of urea groups is 1.